The van der Waals surface area contributed by atoms with Gasteiger partial charge in [0.25, 0.3) is 0 Å². The average Bonchev–Trinajstić information content (AvgIpc) is 2.64. The number of anilines is 1. The Morgan fingerprint density at radius 2 is 2.35 bits per heavy atom. The van der Waals surface area contributed by atoms with Gasteiger partial charge in [-0.05, 0) is 24.9 Å². The van der Waals surface area contributed by atoms with E-state index in [1.54, 1.807) is 11.8 Å². The lowest BCUT2D eigenvalue weighted by molar-refractivity contribution is 0.557. The maximum atomic E-state index is 11.9. The van der Waals surface area contributed by atoms with Crippen molar-refractivity contribution in [1.82, 2.24) is 14.9 Å². The van der Waals surface area contributed by atoms with E-state index in [0.717, 1.165) is 17.9 Å². The largest absolute Gasteiger partial charge is 0.383 e. The van der Waals surface area contributed by atoms with Crippen LogP contribution in [0.5, 0.6) is 0 Å². The van der Waals surface area contributed by atoms with E-state index in [0.29, 0.717) is 0 Å². The van der Waals surface area contributed by atoms with Gasteiger partial charge < -0.3 is 5.73 Å². The van der Waals surface area contributed by atoms with E-state index in [9.17, 15) is 8.42 Å². The van der Waals surface area contributed by atoms with Crippen LogP contribution in [-0.4, -0.2) is 36.2 Å². The van der Waals surface area contributed by atoms with Crippen molar-refractivity contribution in [1.29, 1.82) is 0 Å². The van der Waals surface area contributed by atoms with Crippen LogP contribution < -0.4 is 10.5 Å². The van der Waals surface area contributed by atoms with Crippen LogP contribution in [0.2, 0.25) is 0 Å². The zero-order valence-corrected chi connectivity index (χ0v) is 11.6. The van der Waals surface area contributed by atoms with Crippen LogP contribution in [0.25, 0.3) is 0 Å². The summed E-state index contributed by atoms with van der Waals surface area (Å²) in [6.07, 6.45) is 2.00. The number of nitrogens with zero attached hydrogens (tertiary/aromatic N) is 1. The highest BCUT2D eigenvalue weighted by Crippen LogP contribution is 2.15. The fraction of sp³-hybridized carbons (Fsp3) is 0.667. The van der Waals surface area contributed by atoms with E-state index in [2.05, 4.69) is 21.8 Å². The van der Waals surface area contributed by atoms with E-state index in [-0.39, 0.29) is 16.8 Å². The molecule has 0 aliphatic rings. The van der Waals surface area contributed by atoms with Gasteiger partial charge in [-0.2, -0.15) is 16.9 Å². The number of hydrogen-bond acceptors (Lipinski definition) is 5. The number of hydrogen-bond donors (Lipinski definition) is 3. The van der Waals surface area contributed by atoms with Gasteiger partial charge in [0, 0.05) is 6.04 Å². The zero-order valence-electron chi connectivity index (χ0n) is 9.93. The maximum Gasteiger partial charge on any atom is 0.246 e. The Labute approximate surface area is 106 Å². The van der Waals surface area contributed by atoms with Gasteiger partial charge in [-0.3, -0.25) is 5.10 Å². The second kappa shape index (κ2) is 6.27. The second-order valence-corrected chi connectivity index (χ2v) is 6.73. The molecule has 0 saturated carbocycles. The summed E-state index contributed by atoms with van der Waals surface area (Å²) in [5.74, 6) is 2.03. The van der Waals surface area contributed by atoms with E-state index in [1.165, 1.54) is 6.20 Å². The van der Waals surface area contributed by atoms with Crippen molar-refractivity contribution in [2.45, 2.75) is 31.2 Å². The number of nitrogens with one attached hydrogen (secondary N) is 2. The first-order chi connectivity index (χ1) is 7.97. The number of nitrogen functional groups attached to an aromatic ring is 1. The maximum absolute atomic E-state index is 11.9. The molecule has 0 aromatic carbocycles. The zero-order chi connectivity index (χ0) is 12.9. The summed E-state index contributed by atoms with van der Waals surface area (Å²) in [5.41, 5.74) is 5.48. The van der Waals surface area contributed by atoms with Gasteiger partial charge in [-0.1, -0.05) is 6.92 Å². The topological polar surface area (TPSA) is 101 Å². The number of sulfonamides is 1. The molecule has 17 heavy (non-hydrogen) atoms. The van der Waals surface area contributed by atoms with E-state index in [1.807, 2.05) is 6.92 Å². The lowest BCUT2D eigenvalue weighted by Gasteiger charge is -2.13. The molecule has 1 heterocycles. The van der Waals surface area contributed by atoms with Crippen LogP contribution >= 0.6 is 11.8 Å². The molecule has 98 valence electrons. The predicted octanol–water partition coefficient (Wildman–Crippen LogP) is 0.802. The minimum absolute atomic E-state index is 0.00694. The van der Waals surface area contributed by atoms with Crippen molar-refractivity contribution in [3.05, 3.63) is 6.20 Å². The molecule has 4 N–H and O–H groups in total. The normalized spacial score (nSPS) is 13.8. The molecule has 1 atom stereocenters. The minimum Gasteiger partial charge on any atom is -0.383 e. The van der Waals surface area contributed by atoms with Gasteiger partial charge >= 0.3 is 0 Å². The molecule has 0 radical (unpaired) electrons. The van der Waals surface area contributed by atoms with Crippen LogP contribution in [0.4, 0.5) is 5.82 Å². The Kier molecular flexibility index (Phi) is 5.29. The summed E-state index contributed by atoms with van der Waals surface area (Å²) in [7, 11) is -3.56. The van der Waals surface area contributed by atoms with Crippen molar-refractivity contribution in [2.24, 2.45) is 0 Å². The lowest BCUT2D eigenvalue weighted by Crippen LogP contribution is -2.33. The highest BCUT2D eigenvalue weighted by Gasteiger charge is 2.21. The fourth-order valence-corrected chi connectivity index (χ4v) is 3.40. The lowest BCUT2D eigenvalue weighted by atomic mass is 10.3. The van der Waals surface area contributed by atoms with Crippen LogP contribution in [0, 0.1) is 0 Å². The Morgan fingerprint density at radius 1 is 1.65 bits per heavy atom. The number of aromatic nitrogens is 2. The highest BCUT2D eigenvalue weighted by atomic mass is 32.2. The Morgan fingerprint density at radius 3 is 2.88 bits per heavy atom. The molecule has 0 fully saturated rings. The highest BCUT2D eigenvalue weighted by molar-refractivity contribution is 7.99. The first-order valence-corrected chi connectivity index (χ1v) is 8.00. The molecule has 1 aromatic heterocycles. The molecule has 0 spiro atoms. The number of thioether (sulfide) groups is 1. The number of rotatable bonds is 7. The molecule has 0 amide bonds. The van der Waals surface area contributed by atoms with Gasteiger partial charge in [0.15, 0.2) is 0 Å². The molecule has 0 bridgehead atoms. The Hall–Kier alpha value is -0.730. The summed E-state index contributed by atoms with van der Waals surface area (Å²) in [6.45, 7) is 3.91. The molecule has 0 saturated heterocycles. The molecule has 0 aliphatic heterocycles. The van der Waals surface area contributed by atoms with Gasteiger partial charge in [0.1, 0.15) is 10.7 Å². The molecule has 1 unspecified atom stereocenters. The average molecular weight is 278 g/mol. The van der Waals surface area contributed by atoms with Crippen molar-refractivity contribution in [3.63, 3.8) is 0 Å². The van der Waals surface area contributed by atoms with Gasteiger partial charge in [0.05, 0.1) is 6.20 Å². The fourth-order valence-electron chi connectivity index (χ4n) is 1.29. The van der Waals surface area contributed by atoms with Crippen LogP contribution in [0.15, 0.2) is 11.1 Å². The predicted molar refractivity (Wildman–Crippen MR) is 70.4 cm³/mol. The monoisotopic (exact) mass is 278 g/mol. The van der Waals surface area contributed by atoms with Crippen molar-refractivity contribution < 1.29 is 8.42 Å². The molecular weight excluding hydrogens is 260 g/mol. The van der Waals surface area contributed by atoms with Crippen molar-refractivity contribution in [2.75, 3.05) is 17.2 Å². The molecule has 1 rings (SSSR count). The Balaban J connectivity index is 2.58. The number of H-pyrrole nitrogens is 1. The summed E-state index contributed by atoms with van der Waals surface area (Å²) in [5, 5.41) is 6.00. The third kappa shape index (κ3) is 4.21. The summed E-state index contributed by atoms with van der Waals surface area (Å²) in [6, 6.07) is -0.117. The van der Waals surface area contributed by atoms with E-state index >= 15 is 0 Å². The molecular formula is C9H18N4O2S2. The first-order valence-electron chi connectivity index (χ1n) is 5.36. The third-order valence-electron chi connectivity index (χ3n) is 2.18. The van der Waals surface area contributed by atoms with Gasteiger partial charge in [-0.15, -0.1) is 0 Å². The van der Waals surface area contributed by atoms with Gasteiger partial charge in [0.2, 0.25) is 10.0 Å². The van der Waals surface area contributed by atoms with Crippen molar-refractivity contribution >= 4 is 27.6 Å². The second-order valence-electron chi connectivity index (χ2n) is 3.66. The molecule has 1 aromatic rings. The summed E-state index contributed by atoms with van der Waals surface area (Å²) >= 11 is 1.79. The molecule has 8 heteroatoms. The Bertz CT molecular complexity index is 444. The SMILES string of the molecule is CCSCCC(C)NS(=O)(=O)c1cn[nH]c1N. The molecule has 6 nitrogen and oxygen atoms in total. The van der Waals surface area contributed by atoms with Crippen LogP contribution in [0.3, 0.4) is 0 Å². The smallest absolute Gasteiger partial charge is 0.246 e. The first kappa shape index (κ1) is 14.3. The summed E-state index contributed by atoms with van der Waals surface area (Å²) in [4.78, 5) is 0.00694. The van der Waals surface area contributed by atoms with Crippen molar-refractivity contribution in [3.8, 4) is 0 Å². The molecule has 0 aliphatic carbocycles. The standard InChI is InChI=1S/C9H18N4O2S2/c1-3-16-5-4-7(2)13-17(14,15)8-6-11-12-9(8)10/h6-7,13H,3-5H2,1-2H3,(H3,10,11,12). The van der Waals surface area contributed by atoms with Crippen LogP contribution in [-0.2, 0) is 10.0 Å². The minimum atomic E-state index is -3.56. The van der Waals surface area contributed by atoms with E-state index in [4.69, 9.17) is 5.73 Å². The summed E-state index contributed by atoms with van der Waals surface area (Å²) < 4.78 is 26.4. The van der Waals surface area contributed by atoms with Crippen LogP contribution in [0.1, 0.15) is 20.3 Å². The number of nitrogens with two attached hydrogens (primary N) is 1. The van der Waals surface area contributed by atoms with Gasteiger partial charge in [-0.25, -0.2) is 13.1 Å². The quantitative estimate of drug-likeness (QED) is 0.640. The van der Waals surface area contributed by atoms with E-state index < -0.39 is 10.0 Å². The third-order valence-corrected chi connectivity index (χ3v) is 4.73. The number of aromatic amines is 1.